The molecule has 152 valence electrons. The summed E-state index contributed by atoms with van der Waals surface area (Å²) in [6.07, 6.45) is 0. The number of amides is 2. The molecule has 0 bridgehead atoms. The van der Waals surface area contributed by atoms with Crippen molar-refractivity contribution < 1.29 is 14.3 Å². The van der Waals surface area contributed by atoms with Gasteiger partial charge < -0.3 is 24.6 Å². The SMILES string of the molecule is CCN(Cc1ccc(OC)cc1)C(=O)NCC(c1ccc(OC)cc1)N(C)C. The van der Waals surface area contributed by atoms with Crippen LogP contribution in [0.2, 0.25) is 0 Å². The second kappa shape index (κ2) is 10.6. The number of carbonyl (C=O) groups excluding carboxylic acids is 1. The third-order valence-corrected chi connectivity index (χ3v) is 4.77. The van der Waals surface area contributed by atoms with E-state index in [4.69, 9.17) is 9.47 Å². The summed E-state index contributed by atoms with van der Waals surface area (Å²) in [5, 5.41) is 3.07. The van der Waals surface area contributed by atoms with E-state index in [2.05, 4.69) is 10.2 Å². The van der Waals surface area contributed by atoms with Gasteiger partial charge in [-0.2, -0.15) is 0 Å². The summed E-state index contributed by atoms with van der Waals surface area (Å²) in [5.41, 5.74) is 2.20. The quantitative estimate of drug-likeness (QED) is 0.717. The fourth-order valence-electron chi connectivity index (χ4n) is 3.00. The van der Waals surface area contributed by atoms with Gasteiger partial charge in [-0.3, -0.25) is 0 Å². The van der Waals surface area contributed by atoms with Gasteiger partial charge in [0.15, 0.2) is 0 Å². The molecule has 2 rings (SSSR count). The van der Waals surface area contributed by atoms with Crippen LogP contribution in [0.15, 0.2) is 48.5 Å². The molecule has 0 radical (unpaired) electrons. The fraction of sp³-hybridized carbons (Fsp3) is 0.409. The average molecular weight is 386 g/mol. The van der Waals surface area contributed by atoms with Crippen LogP contribution >= 0.6 is 0 Å². The number of methoxy groups -OCH3 is 2. The molecule has 6 heteroatoms. The Hall–Kier alpha value is -2.73. The van der Waals surface area contributed by atoms with E-state index < -0.39 is 0 Å². The molecule has 2 amide bonds. The minimum Gasteiger partial charge on any atom is -0.497 e. The van der Waals surface area contributed by atoms with E-state index in [0.717, 1.165) is 22.6 Å². The highest BCUT2D eigenvalue weighted by Crippen LogP contribution is 2.21. The maximum atomic E-state index is 12.7. The second-order valence-corrected chi connectivity index (χ2v) is 6.80. The van der Waals surface area contributed by atoms with Crippen LogP contribution in [0.3, 0.4) is 0 Å². The normalized spacial score (nSPS) is 11.8. The van der Waals surface area contributed by atoms with Crippen molar-refractivity contribution in [2.45, 2.75) is 19.5 Å². The molecular formula is C22H31N3O3. The molecule has 0 fully saturated rings. The van der Waals surface area contributed by atoms with Gasteiger partial charge in [0.1, 0.15) is 11.5 Å². The summed E-state index contributed by atoms with van der Waals surface area (Å²) in [4.78, 5) is 16.6. The summed E-state index contributed by atoms with van der Waals surface area (Å²) < 4.78 is 10.4. The first kappa shape index (κ1) is 21.6. The molecule has 2 aromatic rings. The van der Waals surface area contributed by atoms with Gasteiger partial charge in [0.2, 0.25) is 0 Å². The van der Waals surface area contributed by atoms with E-state index in [1.165, 1.54) is 0 Å². The summed E-state index contributed by atoms with van der Waals surface area (Å²) in [5.74, 6) is 1.63. The van der Waals surface area contributed by atoms with Gasteiger partial charge in [-0.25, -0.2) is 4.79 Å². The van der Waals surface area contributed by atoms with Gasteiger partial charge in [-0.15, -0.1) is 0 Å². The lowest BCUT2D eigenvalue weighted by Gasteiger charge is -2.27. The fourth-order valence-corrected chi connectivity index (χ4v) is 3.00. The van der Waals surface area contributed by atoms with Crippen LogP contribution in [0.4, 0.5) is 4.79 Å². The minimum atomic E-state index is -0.0707. The highest BCUT2D eigenvalue weighted by atomic mass is 16.5. The zero-order valence-electron chi connectivity index (χ0n) is 17.4. The zero-order chi connectivity index (χ0) is 20.5. The van der Waals surface area contributed by atoms with E-state index >= 15 is 0 Å². The lowest BCUT2D eigenvalue weighted by atomic mass is 10.1. The minimum absolute atomic E-state index is 0.0707. The Kier molecular flexibility index (Phi) is 8.14. The highest BCUT2D eigenvalue weighted by Gasteiger charge is 2.18. The number of hydrogen-bond donors (Lipinski definition) is 1. The highest BCUT2D eigenvalue weighted by molar-refractivity contribution is 5.74. The Balaban J connectivity index is 1.98. The van der Waals surface area contributed by atoms with Gasteiger partial charge >= 0.3 is 6.03 Å². The Morgan fingerprint density at radius 1 is 0.964 bits per heavy atom. The average Bonchev–Trinajstić information content (AvgIpc) is 2.72. The van der Waals surface area contributed by atoms with Crippen molar-refractivity contribution in [1.82, 2.24) is 15.1 Å². The summed E-state index contributed by atoms with van der Waals surface area (Å²) in [6, 6.07) is 15.7. The Morgan fingerprint density at radius 2 is 1.50 bits per heavy atom. The molecule has 0 saturated carbocycles. The number of urea groups is 1. The Morgan fingerprint density at radius 3 is 1.96 bits per heavy atom. The van der Waals surface area contributed by atoms with Gasteiger partial charge in [0.25, 0.3) is 0 Å². The Labute approximate surface area is 168 Å². The number of rotatable bonds is 9. The van der Waals surface area contributed by atoms with Crippen LogP contribution in [0.1, 0.15) is 24.1 Å². The third kappa shape index (κ3) is 5.89. The number of likely N-dealkylation sites (N-methyl/N-ethyl adjacent to an activating group) is 1. The Bertz CT molecular complexity index is 730. The molecule has 1 unspecified atom stereocenters. The lowest BCUT2D eigenvalue weighted by Crippen LogP contribution is -2.42. The van der Waals surface area contributed by atoms with E-state index in [0.29, 0.717) is 19.6 Å². The van der Waals surface area contributed by atoms with Gasteiger partial charge in [0, 0.05) is 19.6 Å². The van der Waals surface area contributed by atoms with Crippen molar-refractivity contribution in [2.24, 2.45) is 0 Å². The first-order chi connectivity index (χ1) is 13.5. The van der Waals surface area contributed by atoms with Crippen LogP contribution < -0.4 is 14.8 Å². The molecule has 0 heterocycles. The molecule has 0 aliphatic carbocycles. The molecule has 1 atom stereocenters. The molecule has 0 aromatic heterocycles. The maximum absolute atomic E-state index is 12.7. The molecule has 0 aliphatic rings. The zero-order valence-corrected chi connectivity index (χ0v) is 17.4. The maximum Gasteiger partial charge on any atom is 0.317 e. The number of carbonyl (C=O) groups is 1. The number of ether oxygens (including phenoxy) is 2. The number of nitrogens with one attached hydrogen (secondary N) is 1. The van der Waals surface area contributed by atoms with Crippen LogP contribution in [0.25, 0.3) is 0 Å². The summed E-state index contributed by atoms with van der Waals surface area (Å²) >= 11 is 0. The monoisotopic (exact) mass is 385 g/mol. The lowest BCUT2D eigenvalue weighted by molar-refractivity contribution is 0.192. The topological polar surface area (TPSA) is 54.0 Å². The standard InChI is InChI=1S/C22H31N3O3/c1-6-25(16-17-7-11-19(27-4)12-8-17)22(26)23-15-21(24(2)3)18-9-13-20(28-5)14-10-18/h7-14,21H,6,15-16H2,1-5H3,(H,23,26). The molecular weight excluding hydrogens is 354 g/mol. The summed E-state index contributed by atoms with van der Waals surface area (Å²) in [7, 11) is 7.32. The van der Waals surface area contributed by atoms with Crippen LogP contribution in [0, 0.1) is 0 Å². The van der Waals surface area contributed by atoms with Gasteiger partial charge in [0.05, 0.1) is 20.3 Å². The van der Waals surface area contributed by atoms with Crippen molar-refractivity contribution in [3.05, 3.63) is 59.7 Å². The number of benzene rings is 2. The van der Waals surface area contributed by atoms with Crippen molar-refractivity contribution >= 4 is 6.03 Å². The molecule has 0 saturated heterocycles. The molecule has 28 heavy (non-hydrogen) atoms. The molecule has 6 nitrogen and oxygen atoms in total. The first-order valence-electron chi connectivity index (χ1n) is 9.44. The molecule has 0 aliphatic heterocycles. The smallest absolute Gasteiger partial charge is 0.317 e. The van der Waals surface area contributed by atoms with E-state index in [9.17, 15) is 4.79 Å². The second-order valence-electron chi connectivity index (χ2n) is 6.80. The van der Waals surface area contributed by atoms with Crippen molar-refractivity contribution in [3.63, 3.8) is 0 Å². The van der Waals surface area contributed by atoms with E-state index in [1.54, 1.807) is 19.1 Å². The number of nitrogens with zero attached hydrogens (tertiary/aromatic N) is 2. The molecule has 2 aromatic carbocycles. The van der Waals surface area contributed by atoms with Crippen LogP contribution in [-0.4, -0.2) is 57.2 Å². The van der Waals surface area contributed by atoms with E-state index in [-0.39, 0.29) is 12.1 Å². The largest absolute Gasteiger partial charge is 0.497 e. The number of hydrogen-bond acceptors (Lipinski definition) is 4. The van der Waals surface area contributed by atoms with Crippen LogP contribution in [0.5, 0.6) is 11.5 Å². The van der Waals surface area contributed by atoms with Gasteiger partial charge in [-0.05, 0) is 56.4 Å². The predicted octanol–water partition coefficient (Wildman–Crippen LogP) is 3.54. The van der Waals surface area contributed by atoms with Crippen molar-refractivity contribution in [1.29, 1.82) is 0 Å². The molecule has 0 spiro atoms. The van der Waals surface area contributed by atoms with Gasteiger partial charge in [-0.1, -0.05) is 24.3 Å². The first-order valence-corrected chi connectivity index (χ1v) is 9.44. The molecule has 1 N–H and O–H groups in total. The van der Waals surface area contributed by atoms with E-state index in [1.807, 2.05) is 69.6 Å². The van der Waals surface area contributed by atoms with Crippen LogP contribution in [-0.2, 0) is 6.54 Å². The third-order valence-electron chi connectivity index (χ3n) is 4.77. The summed E-state index contributed by atoms with van der Waals surface area (Å²) in [6.45, 7) is 3.70. The van der Waals surface area contributed by atoms with Crippen molar-refractivity contribution in [3.8, 4) is 11.5 Å². The van der Waals surface area contributed by atoms with Crippen molar-refractivity contribution in [2.75, 3.05) is 41.4 Å². The predicted molar refractivity (Wildman–Crippen MR) is 112 cm³/mol.